The molecule has 0 saturated heterocycles. The third-order valence-corrected chi connectivity index (χ3v) is 4.14. The first kappa shape index (κ1) is 13.5. The third-order valence-electron chi connectivity index (χ3n) is 4.14. The van der Waals surface area contributed by atoms with E-state index in [1.54, 1.807) is 0 Å². The van der Waals surface area contributed by atoms with Crippen molar-refractivity contribution in [2.75, 3.05) is 6.54 Å². The van der Waals surface area contributed by atoms with Crippen molar-refractivity contribution in [3.63, 3.8) is 0 Å². The van der Waals surface area contributed by atoms with Gasteiger partial charge in [0, 0.05) is 12.7 Å². The highest BCUT2D eigenvalue weighted by Gasteiger charge is 2.17. The molecule has 0 aliphatic heterocycles. The minimum Gasteiger partial charge on any atom is -0.311 e. The molecular weight excluding hydrogens is 220 g/mol. The van der Waals surface area contributed by atoms with E-state index < -0.39 is 0 Å². The van der Waals surface area contributed by atoms with Crippen molar-refractivity contribution in [3.05, 3.63) is 29.6 Å². The van der Waals surface area contributed by atoms with Gasteiger partial charge in [-0.05, 0) is 43.4 Å². The fraction of sp³-hybridized carbons (Fsp3) is 0.688. The number of nitrogens with zero attached hydrogens (tertiary/aromatic N) is 1. The van der Waals surface area contributed by atoms with Crippen LogP contribution in [0.5, 0.6) is 0 Å². The molecule has 0 spiro atoms. The van der Waals surface area contributed by atoms with Gasteiger partial charge in [-0.15, -0.1) is 0 Å². The van der Waals surface area contributed by atoms with Crippen LogP contribution in [0.1, 0.15) is 50.3 Å². The zero-order valence-corrected chi connectivity index (χ0v) is 11.8. The molecule has 100 valence electrons. The molecular formula is C16H26N2. The van der Waals surface area contributed by atoms with Crippen LogP contribution in [0.15, 0.2) is 18.3 Å². The first-order valence-electron chi connectivity index (χ1n) is 7.36. The van der Waals surface area contributed by atoms with Crippen LogP contribution >= 0.6 is 0 Å². The number of nitrogens with one attached hydrogen (secondary N) is 1. The molecule has 1 N–H and O–H groups in total. The zero-order chi connectivity index (χ0) is 12.8. The Balaban J connectivity index is 1.60. The molecule has 1 aromatic rings. The van der Waals surface area contributed by atoms with Gasteiger partial charge in [-0.25, -0.2) is 0 Å². The molecule has 1 fully saturated rings. The Hall–Kier alpha value is -0.890. The molecule has 18 heavy (non-hydrogen) atoms. The van der Waals surface area contributed by atoms with Gasteiger partial charge in [-0.1, -0.05) is 38.7 Å². The third kappa shape index (κ3) is 4.41. The molecule has 0 bridgehead atoms. The van der Waals surface area contributed by atoms with E-state index in [9.17, 15) is 0 Å². The van der Waals surface area contributed by atoms with Crippen LogP contribution in [0.2, 0.25) is 0 Å². The second kappa shape index (κ2) is 6.89. The fourth-order valence-corrected chi connectivity index (χ4v) is 2.74. The number of pyridine rings is 1. The summed E-state index contributed by atoms with van der Waals surface area (Å²) in [5.41, 5.74) is 2.38. The summed E-state index contributed by atoms with van der Waals surface area (Å²) in [6, 6.07) is 4.25. The standard InChI is InChI=1S/C16H26N2/c1-13-3-6-15(7-4-13)9-10-17-12-16-8-5-14(2)11-18-16/h5,8,11,13,15,17H,3-4,6-7,9-10,12H2,1-2H3. The number of hydrogen-bond donors (Lipinski definition) is 1. The van der Waals surface area contributed by atoms with Gasteiger partial charge in [0.2, 0.25) is 0 Å². The van der Waals surface area contributed by atoms with Crippen LogP contribution in [-0.4, -0.2) is 11.5 Å². The van der Waals surface area contributed by atoms with Crippen LogP contribution in [0, 0.1) is 18.8 Å². The summed E-state index contributed by atoms with van der Waals surface area (Å²) in [6.07, 6.45) is 9.02. The smallest absolute Gasteiger partial charge is 0.0541 e. The van der Waals surface area contributed by atoms with Gasteiger partial charge in [-0.3, -0.25) is 4.98 Å². The minimum atomic E-state index is 0.906. The van der Waals surface area contributed by atoms with Gasteiger partial charge in [0.25, 0.3) is 0 Å². The largest absolute Gasteiger partial charge is 0.311 e. The average molecular weight is 246 g/mol. The number of rotatable bonds is 5. The molecule has 0 radical (unpaired) electrons. The second-order valence-corrected chi connectivity index (χ2v) is 5.92. The predicted molar refractivity (Wildman–Crippen MR) is 76.4 cm³/mol. The van der Waals surface area contributed by atoms with Crippen molar-refractivity contribution < 1.29 is 0 Å². The van der Waals surface area contributed by atoms with E-state index in [0.717, 1.165) is 30.6 Å². The number of aromatic nitrogens is 1. The Kier molecular flexibility index (Phi) is 5.18. The van der Waals surface area contributed by atoms with E-state index >= 15 is 0 Å². The minimum absolute atomic E-state index is 0.906. The first-order valence-corrected chi connectivity index (χ1v) is 7.36. The number of hydrogen-bond acceptors (Lipinski definition) is 2. The Morgan fingerprint density at radius 3 is 2.67 bits per heavy atom. The molecule has 2 nitrogen and oxygen atoms in total. The molecule has 0 unspecified atom stereocenters. The zero-order valence-electron chi connectivity index (χ0n) is 11.8. The van der Waals surface area contributed by atoms with Crippen molar-refractivity contribution in [1.29, 1.82) is 0 Å². The molecule has 0 aromatic carbocycles. The van der Waals surface area contributed by atoms with Gasteiger partial charge in [0.05, 0.1) is 5.69 Å². The van der Waals surface area contributed by atoms with E-state index in [4.69, 9.17) is 0 Å². The maximum atomic E-state index is 4.41. The molecule has 1 aliphatic rings. The highest BCUT2D eigenvalue weighted by Crippen LogP contribution is 2.29. The van der Waals surface area contributed by atoms with E-state index in [-0.39, 0.29) is 0 Å². The molecule has 1 aliphatic carbocycles. The second-order valence-electron chi connectivity index (χ2n) is 5.92. The quantitative estimate of drug-likeness (QED) is 0.801. The lowest BCUT2D eigenvalue weighted by molar-refractivity contribution is 0.275. The van der Waals surface area contributed by atoms with Crippen molar-refractivity contribution in [3.8, 4) is 0 Å². The van der Waals surface area contributed by atoms with E-state index in [2.05, 4.69) is 36.3 Å². The van der Waals surface area contributed by atoms with Crippen LogP contribution in [-0.2, 0) is 6.54 Å². The Bertz CT molecular complexity index is 337. The molecule has 2 heteroatoms. The predicted octanol–water partition coefficient (Wildman–Crippen LogP) is 3.70. The van der Waals surface area contributed by atoms with Gasteiger partial charge in [0.1, 0.15) is 0 Å². The van der Waals surface area contributed by atoms with E-state index in [1.807, 2.05) is 6.20 Å². The van der Waals surface area contributed by atoms with Crippen LogP contribution < -0.4 is 5.32 Å². The van der Waals surface area contributed by atoms with Crippen LogP contribution in [0.25, 0.3) is 0 Å². The first-order chi connectivity index (χ1) is 8.74. The van der Waals surface area contributed by atoms with Crippen LogP contribution in [0.4, 0.5) is 0 Å². The lowest BCUT2D eigenvalue weighted by atomic mass is 9.81. The summed E-state index contributed by atoms with van der Waals surface area (Å²) in [5.74, 6) is 1.92. The van der Waals surface area contributed by atoms with Gasteiger partial charge < -0.3 is 5.32 Å². The lowest BCUT2D eigenvalue weighted by Gasteiger charge is -2.26. The monoisotopic (exact) mass is 246 g/mol. The van der Waals surface area contributed by atoms with E-state index in [0.29, 0.717) is 0 Å². The molecule has 1 saturated carbocycles. The molecule has 0 amide bonds. The molecule has 1 heterocycles. The summed E-state index contributed by atoms with van der Waals surface area (Å²) >= 11 is 0. The highest BCUT2D eigenvalue weighted by molar-refractivity contribution is 5.11. The topological polar surface area (TPSA) is 24.9 Å². The van der Waals surface area contributed by atoms with Crippen molar-refractivity contribution >= 4 is 0 Å². The van der Waals surface area contributed by atoms with E-state index in [1.165, 1.54) is 37.7 Å². The summed E-state index contributed by atoms with van der Waals surface area (Å²) in [6.45, 7) is 6.50. The normalized spacial score (nSPS) is 24.1. The van der Waals surface area contributed by atoms with Gasteiger partial charge >= 0.3 is 0 Å². The van der Waals surface area contributed by atoms with Crippen molar-refractivity contribution in [2.24, 2.45) is 11.8 Å². The Labute approximate surface area is 111 Å². The van der Waals surface area contributed by atoms with Crippen molar-refractivity contribution in [2.45, 2.75) is 52.5 Å². The fourth-order valence-electron chi connectivity index (χ4n) is 2.74. The highest BCUT2D eigenvalue weighted by atomic mass is 14.9. The SMILES string of the molecule is Cc1ccc(CNCCC2CCC(C)CC2)nc1. The average Bonchev–Trinajstić information content (AvgIpc) is 2.39. The van der Waals surface area contributed by atoms with Gasteiger partial charge in [0.15, 0.2) is 0 Å². The molecule has 0 atom stereocenters. The molecule has 2 rings (SSSR count). The number of aryl methyl sites for hydroxylation is 1. The molecule has 1 aromatic heterocycles. The summed E-state index contributed by atoms with van der Waals surface area (Å²) in [4.78, 5) is 4.41. The Morgan fingerprint density at radius 2 is 2.00 bits per heavy atom. The summed E-state index contributed by atoms with van der Waals surface area (Å²) in [7, 11) is 0. The van der Waals surface area contributed by atoms with Gasteiger partial charge in [-0.2, -0.15) is 0 Å². The lowest BCUT2D eigenvalue weighted by Crippen LogP contribution is -2.21. The maximum absolute atomic E-state index is 4.41. The summed E-state index contributed by atoms with van der Waals surface area (Å²) in [5, 5.41) is 3.52. The summed E-state index contributed by atoms with van der Waals surface area (Å²) < 4.78 is 0. The van der Waals surface area contributed by atoms with Crippen molar-refractivity contribution in [1.82, 2.24) is 10.3 Å². The Morgan fingerprint density at radius 1 is 1.22 bits per heavy atom. The maximum Gasteiger partial charge on any atom is 0.0541 e. The van der Waals surface area contributed by atoms with Crippen LogP contribution in [0.3, 0.4) is 0 Å².